The van der Waals surface area contributed by atoms with Crippen LogP contribution in [0.3, 0.4) is 0 Å². The molecule has 2 amide bonds. The normalized spacial score (nSPS) is 20.2. The average molecular weight is 429 g/mol. The van der Waals surface area contributed by atoms with Crippen molar-refractivity contribution < 1.29 is 23.9 Å². The number of carbonyl (C=O) groups is 3. The van der Waals surface area contributed by atoms with E-state index in [4.69, 9.17) is 9.47 Å². The van der Waals surface area contributed by atoms with Gasteiger partial charge in [0.15, 0.2) is 5.78 Å². The molecule has 2 bridgehead atoms. The number of ketones is 1. The molecule has 2 heterocycles. The average Bonchev–Trinajstić information content (AvgIpc) is 3.06. The summed E-state index contributed by atoms with van der Waals surface area (Å²) in [5, 5.41) is 2.97. The zero-order valence-corrected chi connectivity index (χ0v) is 18.8. The quantitative estimate of drug-likeness (QED) is 0.389. The van der Waals surface area contributed by atoms with Gasteiger partial charge in [-0.25, -0.2) is 9.59 Å². The van der Waals surface area contributed by atoms with Gasteiger partial charge in [-0.15, -0.1) is 0 Å². The predicted molar refractivity (Wildman–Crippen MR) is 118 cm³/mol. The molecular formula is C24H32N2O5. The van der Waals surface area contributed by atoms with Crippen LogP contribution in [0.15, 0.2) is 29.8 Å². The summed E-state index contributed by atoms with van der Waals surface area (Å²) in [4.78, 5) is 39.1. The van der Waals surface area contributed by atoms with Crippen LogP contribution < -0.4 is 5.32 Å². The lowest BCUT2D eigenvalue weighted by Crippen LogP contribution is -2.51. The number of methoxy groups -OCH3 is 1. The van der Waals surface area contributed by atoms with Crippen molar-refractivity contribution >= 4 is 23.4 Å². The molecule has 1 saturated heterocycles. The molecule has 1 aromatic rings. The summed E-state index contributed by atoms with van der Waals surface area (Å²) in [5.74, 6) is -0.404. The Morgan fingerprint density at radius 1 is 1.16 bits per heavy atom. The Morgan fingerprint density at radius 3 is 2.48 bits per heavy atom. The van der Waals surface area contributed by atoms with Crippen LogP contribution in [0.1, 0.15) is 62.4 Å². The molecule has 1 aromatic carbocycles. The van der Waals surface area contributed by atoms with E-state index in [1.54, 1.807) is 12.1 Å². The van der Waals surface area contributed by atoms with Crippen molar-refractivity contribution in [3.8, 4) is 0 Å². The molecule has 2 atom stereocenters. The van der Waals surface area contributed by atoms with E-state index in [1.165, 1.54) is 14.0 Å². The summed E-state index contributed by atoms with van der Waals surface area (Å²) >= 11 is 0. The van der Waals surface area contributed by atoms with Crippen molar-refractivity contribution in [2.24, 2.45) is 0 Å². The van der Waals surface area contributed by atoms with Gasteiger partial charge < -0.3 is 19.7 Å². The first-order valence-electron chi connectivity index (χ1n) is 10.9. The fourth-order valence-corrected chi connectivity index (χ4v) is 4.45. The Labute approximate surface area is 183 Å². The molecule has 7 heteroatoms. The molecule has 0 radical (unpaired) electrons. The molecule has 7 nitrogen and oxygen atoms in total. The van der Waals surface area contributed by atoms with Crippen LogP contribution in [-0.4, -0.2) is 61.1 Å². The fourth-order valence-electron chi connectivity index (χ4n) is 4.45. The molecular weight excluding hydrogens is 396 g/mol. The lowest BCUT2D eigenvalue weighted by Gasteiger charge is -2.37. The molecule has 2 aliphatic heterocycles. The number of rotatable bonds is 8. The topological polar surface area (TPSA) is 84.9 Å². The first kappa shape index (κ1) is 23.0. The van der Waals surface area contributed by atoms with Crippen LogP contribution in [0.2, 0.25) is 0 Å². The van der Waals surface area contributed by atoms with Crippen molar-refractivity contribution in [1.29, 1.82) is 0 Å². The van der Waals surface area contributed by atoms with Gasteiger partial charge >= 0.3 is 12.0 Å². The number of esters is 1. The van der Waals surface area contributed by atoms with Crippen LogP contribution in [0.25, 0.3) is 5.57 Å². The van der Waals surface area contributed by atoms with Gasteiger partial charge in [0, 0.05) is 24.8 Å². The van der Waals surface area contributed by atoms with Crippen molar-refractivity contribution in [2.45, 2.75) is 64.6 Å². The summed E-state index contributed by atoms with van der Waals surface area (Å²) in [6, 6.07) is 6.88. The molecule has 1 N–H and O–H groups in total. The number of benzene rings is 1. The van der Waals surface area contributed by atoms with Gasteiger partial charge in [-0.1, -0.05) is 24.3 Å². The second kappa shape index (κ2) is 10.1. The minimum Gasteiger partial charge on any atom is -0.466 e. The number of nitrogens with zero attached hydrogens (tertiary/aromatic N) is 1. The third-order valence-electron chi connectivity index (χ3n) is 5.93. The Kier molecular flexibility index (Phi) is 7.49. The van der Waals surface area contributed by atoms with Crippen LogP contribution >= 0.6 is 0 Å². The lowest BCUT2D eigenvalue weighted by molar-refractivity contribution is -0.136. The predicted octanol–water partition coefficient (Wildman–Crippen LogP) is 3.58. The Morgan fingerprint density at radius 2 is 1.87 bits per heavy atom. The molecule has 31 heavy (non-hydrogen) atoms. The molecule has 1 fully saturated rings. The number of hydrogen-bond donors (Lipinski definition) is 1. The van der Waals surface area contributed by atoms with Gasteiger partial charge in [-0.2, -0.15) is 0 Å². The smallest absolute Gasteiger partial charge is 0.336 e. The highest BCUT2D eigenvalue weighted by atomic mass is 16.5. The highest BCUT2D eigenvalue weighted by molar-refractivity contribution is 6.01. The third kappa shape index (κ3) is 5.15. The van der Waals surface area contributed by atoms with Gasteiger partial charge in [-0.05, 0) is 57.6 Å². The van der Waals surface area contributed by atoms with Crippen LogP contribution in [0, 0.1) is 0 Å². The first-order valence-corrected chi connectivity index (χ1v) is 10.9. The van der Waals surface area contributed by atoms with E-state index in [0.717, 1.165) is 30.4 Å². The van der Waals surface area contributed by atoms with Gasteiger partial charge in [0.2, 0.25) is 0 Å². The van der Waals surface area contributed by atoms with Gasteiger partial charge in [0.1, 0.15) is 0 Å². The molecule has 0 unspecified atom stereocenters. The monoisotopic (exact) mass is 428 g/mol. The SMILES string of the molecule is COC(=O)C1=C(c2ccc(C(C)=O)cc2)C[C@@H]2CC[C@H]1N2C(=O)NCCCOC(C)C. The Bertz CT molecular complexity index is 859. The zero-order chi connectivity index (χ0) is 22.5. The maximum absolute atomic E-state index is 12.9. The second-order valence-electron chi connectivity index (χ2n) is 8.38. The summed E-state index contributed by atoms with van der Waals surface area (Å²) in [7, 11) is 1.37. The molecule has 2 aliphatic rings. The summed E-state index contributed by atoms with van der Waals surface area (Å²) in [6.45, 7) is 6.61. The molecule has 0 aromatic heterocycles. The number of ether oxygens (including phenoxy) is 2. The van der Waals surface area contributed by atoms with E-state index in [9.17, 15) is 14.4 Å². The van der Waals surface area contributed by atoms with Crippen molar-refractivity contribution in [1.82, 2.24) is 10.2 Å². The number of Topliss-reactive ketones (excluding diaryl/α,β-unsaturated/α-hetero) is 1. The number of carbonyl (C=O) groups excluding carboxylic acids is 3. The van der Waals surface area contributed by atoms with Gasteiger partial charge in [0.05, 0.1) is 24.8 Å². The van der Waals surface area contributed by atoms with Crippen molar-refractivity contribution in [3.63, 3.8) is 0 Å². The van der Waals surface area contributed by atoms with E-state index >= 15 is 0 Å². The standard InChI is InChI=1S/C24H32N2O5/c1-15(2)31-13-5-12-25-24(29)26-19-10-11-21(26)22(23(28)30-4)20(14-19)18-8-6-17(7-9-18)16(3)27/h6-9,15,19,21H,5,10-14H2,1-4H3,(H,25,29)/t19-,21+/m0/s1. The largest absolute Gasteiger partial charge is 0.466 e. The zero-order valence-electron chi connectivity index (χ0n) is 18.8. The van der Waals surface area contributed by atoms with Gasteiger partial charge in [-0.3, -0.25) is 4.79 Å². The lowest BCUT2D eigenvalue weighted by atomic mass is 9.88. The number of hydrogen-bond acceptors (Lipinski definition) is 5. The summed E-state index contributed by atoms with van der Waals surface area (Å²) in [5.41, 5.74) is 2.98. The highest BCUT2D eigenvalue weighted by Crippen LogP contribution is 2.43. The second-order valence-corrected chi connectivity index (χ2v) is 8.38. The van der Waals surface area contributed by atoms with E-state index < -0.39 is 5.97 Å². The fraction of sp³-hybridized carbons (Fsp3) is 0.542. The first-order chi connectivity index (χ1) is 14.8. The highest BCUT2D eigenvalue weighted by Gasteiger charge is 2.46. The molecule has 3 rings (SSSR count). The minimum absolute atomic E-state index is 0.000857. The molecule has 0 spiro atoms. The van der Waals surface area contributed by atoms with Crippen LogP contribution in [0.4, 0.5) is 4.79 Å². The Hall–Kier alpha value is -2.67. The maximum Gasteiger partial charge on any atom is 0.336 e. The van der Waals surface area contributed by atoms with Crippen LogP contribution in [-0.2, 0) is 14.3 Å². The van der Waals surface area contributed by atoms with Crippen LogP contribution in [0.5, 0.6) is 0 Å². The van der Waals surface area contributed by atoms with E-state index in [-0.39, 0.29) is 30.0 Å². The van der Waals surface area contributed by atoms with Crippen molar-refractivity contribution in [3.05, 3.63) is 41.0 Å². The minimum atomic E-state index is -0.404. The molecule has 168 valence electrons. The molecule has 0 aliphatic carbocycles. The maximum atomic E-state index is 12.9. The number of fused-ring (bicyclic) bond motifs is 2. The summed E-state index contributed by atoms with van der Waals surface area (Å²) < 4.78 is 10.6. The van der Waals surface area contributed by atoms with Crippen molar-refractivity contribution in [2.75, 3.05) is 20.3 Å². The number of nitrogens with one attached hydrogen (secondary N) is 1. The molecule has 0 saturated carbocycles. The van der Waals surface area contributed by atoms with E-state index in [0.29, 0.717) is 30.7 Å². The van der Waals surface area contributed by atoms with Gasteiger partial charge in [0.25, 0.3) is 0 Å². The number of amides is 2. The van der Waals surface area contributed by atoms with E-state index in [2.05, 4.69) is 5.32 Å². The van der Waals surface area contributed by atoms with E-state index in [1.807, 2.05) is 30.9 Å². The third-order valence-corrected chi connectivity index (χ3v) is 5.93. The summed E-state index contributed by atoms with van der Waals surface area (Å²) in [6.07, 6.45) is 3.06. The Balaban J connectivity index is 1.79. The number of urea groups is 1.